The zero-order valence-electron chi connectivity index (χ0n) is 17.4. The zero-order valence-corrected chi connectivity index (χ0v) is 17.4. The topological polar surface area (TPSA) is 64.7 Å². The number of hydrazine groups is 2. The summed E-state index contributed by atoms with van der Waals surface area (Å²) in [6, 6.07) is 0.768. The Morgan fingerprint density at radius 3 is 1.08 bits per heavy atom. The first-order valence-corrected chi connectivity index (χ1v) is 8.86. The van der Waals surface area contributed by atoms with Crippen LogP contribution in [0, 0.1) is 11.8 Å². The van der Waals surface area contributed by atoms with Crippen LogP contribution in [0.4, 0.5) is 0 Å². The number of carbonyl (C=O) groups excluding carboxylic acids is 2. The lowest BCUT2D eigenvalue weighted by Gasteiger charge is -2.20. The maximum Gasteiger partial charge on any atom is 0.150 e. The van der Waals surface area contributed by atoms with E-state index in [1.807, 2.05) is 51.8 Å². The highest BCUT2D eigenvalue weighted by Crippen LogP contribution is 1.95. The first-order chi connectivity index (χ1) is 10.9. The van der Waals surface area contributed by atoms with Crippen LogP contribution in [-0.4, -0.2) is 60.9 Å². The van der Waals surface area contributed by atoms with E-state index in [4.69, 9.17) is 0 Å². The minimum atomic E-state index is 0.126. The van der Waals surface area contributed by atoms with E-state index >= 15 is 0 Å². The van der Waals surface area contributed by atoms with Crippen LogP contribution in [0.3, 0.4) is 0 Å². The molecule has 0 aliphatic rings. The average Bonchev–Trinajstić information content (AvgIpc) is 2.36. The molecule has 0 aliphatic heterocycles. The third-order valence-electron chi connectivity index (χ3n) is 3.03. The number of rotatable bonds is 10. The summed E-state index contributed by atoms with van der Waals surface area (Å²) in [4.78, 5) is 22.5. The van der Waals surface area contributed by atoms with Gasteiger partial charge in [0.2, 0.25) is 0 Å². The highest BCUT2D eigenvalue weighted by molar-refractivity contribution is 5.82. The monoisotopic (exact) mass is 344 g/mol. The third-order valence-corrected chi connectivity index (χ3v) is 3.03. The van der Waals surface area contributed by atoms with Crippen LogP contribution < -0.4 is 10.9 Å². The summed E-state index contributed by atoms with van der Waals surface area (Å²) in [7, 11) is 3.78. The number of hydrogen-bond acceptors (Lipinski definition) is 6. The normalized spacial score (nSPS) is 11.7. The quantitative estimate of drug-likeness (QED) is 0.592. The fraction of sp³-hybridized carbons (Fsp3) is 0.889. The molecule has 0 saturated carbocycles. The summed E-state index contributed by atoms with van der Waals surface area (Å²) in [6.07, 6.45) is 0. The van der Waals surface area contributed by atoms with Gasteiger partial charge in [0.1, 0.15) is 0 Å². The molecule has 0 aromatic rings. The van der Waals surface area contributed by atoms with Crippen molar-refractivity contribution in [1.82, 2.24) is 20.9 Å². The number of likely N-dealkylation sites (N-methyl/N-ethyl adjacent to an activating group) is 2. The summed E-state index contributed by atoms with van der Waals surface area (Å²) in [5, 5.41) is 3.68. The predicted octanol–water partition coefficient (Wildman–Crippen LogP) is 2.11. The van der Waals surface area contributed by atoms with Gasteiger partial charge in [0.15, 0.2) is 11.6 Å². The van der Waals surface area contributed by atoms with Crippen LogP contribution >= 0.6 is 0 Å². The summed E-state index contributed by atoms with van der Waals surface area (Å²) in [5.41, 5.74) is 6.28. The number of hydrogen-bond donors (Lipinski definition) is 2. The van der Waals surface area contributed by atoms with Crippen molar-refractivity contribution in [1.29, 1.82) is 0 Å². The van der Waals surface area contributed by atoms with Crippen molar-refractivity contribution in [3.8, 4) is 0 Å². The molecule has 0 amide bonds. The largest absolute Gasteiger partial charge is 0.298 e. The molecule has 0 spiro atoms. The number of ketones is 2. The maximum absolute atomic E-state index is 11.3. The molecule has 0 radical (unpaired) electrons. The van der Waals surface area contributed by atoms with Crippen LogP contribution in [0.15, 0.2) is 0 Å². The van der Waals surface area contributed by atoms with Crippen molar-refractivity contribution < 1.29 is 9.59 Å². The smallest absolute Gasteiger partial charge is 0.150 e. The molecule has 0 bridgehead atoms. The van der Waals surface area contributed by atoms with E-state index in [1.54, 1.807) is 0 Å². The molecule has 0 fully saturated rings. The van der Waals surface area contributed by atoms with E-state index in [-0.39, 0.29) is 23.4 Å². The fourth-order valence-electron chi connectivity index (χ4n) is 1.81. The van der Waals surface area contributed by atoms with Crippen molar-refractivity contribution in [3.63, 3.8) is 0 Å². The SMILES string of the molecule is CC(C)NN(C)CC(=O)C(C)C.CC(C)NN(C)CC(=O)C(C)C. The molecule has 0 saturated heterocycles. The van der Waals surface area contributed by atoms with Gasteiger partial charge in [-0.3, -0.25) is 20.4 Å². The zero-order chi connectivity index (χ0) is 19.4. The summed E-state index contributed by atoms with van der Waals surface area (Å²) >= 11 is 0. The molecule has 0 unspecified atom stereocenters. The summed E-state index contributed by atoms with van der Waals surface area (Å²) in [5.74, 6) is 0.791. The Morgan fingerprint density at radius 2 is 0.917 bits per heavy atom. The molecule has 6 heteroatoms. The molecule has 0 heterocycles. The van der Waals surface area contributed by atoms with E-state index in [9.17, 15) is 9.59 Å². The van der Waals surface area contributed by atoms with Crippen molar-refractivity contribution >= 4 is 11.6 Å². The van der Waals surface area contributed by atoms with E-state index in [0.29, 0.717) is 25.2 Å². The van der Waals surface area contributed by atoms with Gasteiger partial charge in [0, 0.05) is 38.0 Å². The highest BCUT2D eigenvalue weighted by Gasteiger charge is 2.11. The second-order valence-electron chi connectivity index (χ2n) is 7.52. The Bertz CT molecular complexity index is 321. The second kappa shape index (κ2) is 13.5. The van der Waals surface area contributed by atoms with E-state index in [0.717, 1.165) is 0 Å². The van der Waals surface area contributed by atoms with Gasteiger partial charge in [-0.15, -0.1) is 0 Å². The van der Waals surface area contributed by atoms with Gasteiger partial charge >= 0.3 is 0 Å². The van der Waals surface area contributed by atoms with Gasteiger partial charge in [-0.1, -0.05) is 27.7 Å². The molecule has 144 valence electrons. The van der Waals surface area contributed by atoms with Gasteiger partial charge in [-0.25, -0.2) is 10.0 Å². The molecule has 2 N–H and O–H groups in total. The lowest BCUT2D eigenvalue weighted by molar-refractivity contribution is -0.124. The van der Waals surface area contributed by atoms with Crippen LogP contribution in [0.5, 0.6) is 0 Å². The molecule has 0 aliphatic carbocycles. The van der Waals surface area contributed by atoms with E-state index in [2.05, 4.69) is 38.5 Å². The summed E-state index contributed by atoms with van der Waals surface area (Å²) in [6.45, 7) is 16.9. The molecule has 0 aromatic heterocycles. The van der Waals surface area contributed by atoms with Crippen LogP contribution in [0.2, 0.25) is 0 Å². The molecular weight excluding hydrogens is 304 g/mol. The molecule has 0 atom stereocenters. The average molecular weight is 345 g/mol. The van der Waals surface area contributed by atoms with Gasteiger partial charge in [0.25, 0.3) is 0 Å². The van der Waals surface area contributed by atoms with Crippen LogP contribution in [-0.2, 0) is 9.59 Å². The highest BCUT2D eigenvalue weighted by atomic mass is 16.1. The first-order valence-electron chi connectivity index (χ1n) is 8.86. The lowest BCUT2D eigenvalue weighted by atomic mass is 10.1. The Hall–Kier alpha value is -0.820. The summed E-state index contributed by atoms with van der Waals surface area (Å²) < 4.78 is 0. The molecule has 0 rings (SSSR count). The van der Waals surface area contributed by atoms with Gasteiger partial charge in [-0.05, 0) is 27.7 Å². The first kappa shape index (κ1) is 25.4. The maximum atomic E-state index is 11.3. The van der Waals surface area contributed by atoms with E-state index in [1.165, 1.54) is 0 Å². The second-order valence-corrected chi connectivity index (χ2v) is 7.52. The minimum Gasteiger partial charge on any atom is -0.298 e. The number of carbonyl (C=O) groups is 2. The third kappa shape index (κ3) is 16.1. The molecule has 0 aromatic carbocycles. The Morgan fingerprint density at radius 1 is 0.667 bits per heavy atom. The van der Waals surface area contributed by atoms with Crippen molar-refractivity contribution in [2.24, 2.45) is 11.8 Å². The minimum absolute atomic E-state index is 0.126. The molecule has 24 heavy (non-hydrogen) atoms. The van der Waals surface area contributed by atoms with Crippen LogP contribution in [0.1, 0.15) is 55.4 Å². The Labute approximate surface area is 149 Å². The fourth-order valence-corrected chi connectivity index (χ4v) is 1.81. The van der Waals surface area contributed by atoms with Gasteiger partial charge < -0.3 is 0 Å². The van der Waals surface area contributed by atoms with E-state index < -0.39 is 0 Å². The predicted molar refractivity (Wildman–Crippen MR) is 101 cm³/mol. The Kier molecular flexibility index (Phi) is 14.3. The lowest BCUT2D eigenvalue weighted by Crippen LogP contribution is -2.43. The van der Waals surface area contributed by atoms with Crippen LogP contribution in [0.25, 0.3) is 0 Å². The van der Waals surface area contributed by atoms with Crippen molar-refractivity contribution in [2.45, 2.75) is 67.5 Å². The van der Waals surface area contributed by atoms with Crippen molar-refractivity contribution in [3.05, 3.63) is 0 Å². The van der Waals surface area contributed by atoms with Gasteiger partial charge in [-0.2, -0.15) is 0 Å². The number of nitrogens with one attached hydrogen (secondary N) is 2. The number of Topliss-reactive ketones (excluding diaryl/α,β-unsaturated/α-hetero) is 2. The molecular formula is C18H40N4O2. The van der Waals surface area contributed by atoms with Gasteiger partial charge in [0.05, 0.1) is 13.1 Å². The standard InChI is InChI=1S/2C9H20N2O/c2*1-7(2)9(12)6-11(5)10-8(3)4/h2*7-8,10H,6H2,1-5H3. The number of nitrogens with zero attached hydrogens (tertiary/aromatic N) is 2. The van der Waals surface area contributed by atoms with Crippen molar-refractivity contribution in [2.75, 3.05) is 27.2 Å². The molecule has 6 nitrogen and oxygen atoms in total. The Balaban J connectivity index is 0.